The molecule has 2 heterocycles. The fourth-order valence-corrected chi connectivity index (χ4v) is 12.3. The lowest BCUT2D eigenvalue weighted by Gasteiger charge is -2.28. The van der Waals surface area contributed by atoms with Crippen LogP contribution in [0.5, 0.6) is 0 Å². The molecule has 59 nitrogen and oxygen atoms in total. The smallest absolute Gasteiger partial charge is 0.327 e. The second kappa shape index (κ2) is 59.9. The molecule has 0 saturated heterocycles. The summed E-state index contributed by atoms with van der Waals surface area (Å²) in [6, 6.07) is -12.1. The summed E-state index contributed by atoms with van der Waals surface area (Å²) < 4.78 is 0. The molecule has 0 aliphatic carbocycles. The summed E-state index contributed by atoms with van der Waals surface area (Å²) in [5.41, 5.74) is 5.22. The Morgan fingerprint density at radius 3 is 0.926 bits per heavy atom. The number of hydrogen-bond acceptors (Lipinski definition) is 43. The number of nitrogen functional groups attached to an aromatic ring is 1. The van der Waals surface area contributed by atoms with E-state index in [4.69, 9.17) is 10.8 Å². The Kier molecular flexibility index (Phi) is 52.1. The van der Waals surface area contributed by atoms with E-state index in [9.17, 15) is 194 Å². The Morgan fingerprint density at radius 2 is 0.632 bits per heavy atom. The molecule has 0 radical (unpaired) electrons. The molecule has 0 bridgehead atoms. The maximum absolute atomic E-state index is 15.1. The number of carboxylic acid groups (broad SMARTS) is 4. The minimum atomic E-state index is -2.40. The summed E-state index contributed by atoms with van der Waals surface area (Å²) in [7, 11) is 0. The molecule has 40 N–H and O–H groups in total. The second-order valence-electron chi connectivity index (χ2n) is 30.8. The van der Waals surface area contributed by atoms with Crippen molar-refractivity contribution in [2.45, 2.75) is 242 Å². The largest absolute Gasteiger partial charge is 0.481 e. The number of carboxylic acids is 4. The number of rotatable bonds is 66. The van der Waals surface area contributed by atoms with Crippen molar-refractivity contribution in [2.75, 3.05) is 69.4 Å². The van der Waals surface area contributed by atoms with Gasteiger partial charge in [-0.2, -0.15) is 17.6 Å². The maximum Gasteiger partial charge on any atom is 0.327 e. The fraction of sp³-hybridized carbons (Fsp3) is 0.632. The monoisotopic (exact) mass is 1970 g/mol. The van der Waals surface area contributed by atoms with E-state index in [0.29, 0.717) is 5.69 Å². The number of aromatic amines is 1. The molecule has 12 amide bonds. The molecular weight excluding hydrogens is 1850 g/mol. The molecule has 0 fully saturated rings. The maximum atomic E-state index is 15.1. The molecule has 3 aromatic rings. The van der Waals surface area contributed by atoms with Gasteiger partial charge >= 0.3 is 29.4 Å². The van der Waals surface area contributed by atoms with Gasteiger partial charge in [0.05, 0.1) is 69.3 Å². The molecule has 0 spiro atoms. The van der Waals surface area contributed by atoms with Gasteiger partial charge in [-0.1, -0.05) is 0 Å². The number of amides is 12. The third-order valence-electron chi connectivity index (χ3n) is 20.3. The van der Waals surface area contributed by atoms with Crippen LogP contribution < -0.4 is 80.4 Å². The number of thiol groups is 1. The predicted octanol–water partition coefficient (Wildman–Crippen LogP) is -18.7. The molecule has 60 heteroatoms. The minimum Gasteiger partial charge on any atom is -0.481 e. The zero-order valence-electron chi connectivity index (χ0n) is 72.3. The number of nitrogens with two attached hydrogens (primary N) is 1. The first-order valence-electron chi connectivity index (χ1n) is 41.6. The quantitative estimate of drug-likeness (QED) is 0.0233. The molecule has 2 aromatic heterocycles. The van der Waals surface area contributed by atoms with Crippen LogP contribution in [0.15, 0.2) is 35.3 Å². The lowest BCUT2D eigenvalue weighted by molar-refractivity contribution is -0.142. The van der Waals surface area contributed by atoms with Crippen molar-refractivity contribution in [3.8, 4) is 0 Å². The zero-order chi connectivity index (χ0) is 103. The van der Waals surface area contributed by atoms with E-state index in [1.54, 1.807) is 0 Å². The molecule has 136 heavy (non-hydrogen) atoms. The lowest BCUT2D eigenvalue weighted by Crippen LogP contribution is -2.60. The third-order valence-corrected chi connectivity index (χ3v) is 20.6. The number of aliphatic hydroxyl groups excluding tert-OH is 20. The highest BCUT2D eigenvalue weighted by Crippen LogP contribution is 2.18. The Hall–Kier alpha value is -11.9. The van der Waals surface area contributed by atoms with Gasteiger partial charge in [0.1, 0.15) is 122 Å². The van der Waals surface area contributed by atoms with E-state index >= 15 is 4.79 Å². The number of aliphatic carboxylic acids is 4. The molecule has 0 aliphatic heterocycles. The molecule has 1 aromatic carbocycles. The predicted molar refractivity (Wildman–Crippen MR) is 456 cm³/mol. The SMILES string of the molecule is Nc1nc(=O)c2nc(CNc3ccc(C(=O)N[C@@H](CCC(=O)N[C@@H](CCC(=O)NC[C@H](O)[C@@H](O)[C@H](O)[C@H](O)CO)C(=O)N[C@@H](CCC(=O)O)C(=O)N[C@@H](CCC(=O)NC[C@H](O)[C@@H](O)[C@H](O)[C@H](O)CO)C(=O)N[C@@H](CCC(=O)NC[C@H](O)[C@@H](O)[C@H](O)[C@H](O)CO)C(=O)N[C@@H](CCC(=O)O)C(=O)N[C@@H](CCC(=O)NC[C@H](O)[C@@H](O)[C@H](O)[C@H](O)CO)C(=O)N[C@@H](CS)C(=O)O)C(=O)O)cc3)cnc2[nH]1. The van der Waals surface area contributed by atoms with Crippen molar-refractivity contribution in [1.82, 2.24) is 83.7 Å². The number of aromatic nitrogens is 4. The number of hydrogen-bond donors (Lipinski definition) is 40. The van der Waals surface area contributed by atoms with Gasteiger partial charge in [0.15, 0.2) is 11.2 Å². The van der Waals surface area contributed by atoms with Crippen molar-refractivity contribution >= 4 is 130 Å². The van der Waals surface area contributed by atoms with E-state index in [1.165, 1.54) is 30.5 Å². The van der Waals surface area contributed by atoms with Gasteiger partial charge in [-0.15, -0.1) is 0 Å². The van der Waals surface area contributed by atoms with Crippen LogP contribution in [-0.4, -0.2) is 442 Å². The highest BCUT2D eigenvalue weighted by Gasteiger charge is 2.40. The number of carbonyl (C=O) groups is 16. The van der Waals surface area contributed by atoms with Crippen molar-refractivity contribution in [1.29, 1.82) is 0 Å². The first-order chi connectivity index (χ1) is 63.9. The normalized spacial score (nSPS) is 16.8. The van der Waals surface area contributed by atoms with Gasteiger partial charge in [-0.05, 0) is 69.2 Å². The van der Waals surface area contributed by atoms with E-state index < -0.39 is 395 Å². The lowest BCUT2D eigenvalue weighted by atomic mass is 10.0. The standard InChI is InChI=1S/C76H118N18O41S/c77-76-93-65-56(73(131)94-76)84-32(20-83-65)19-78-31-3-1-30(2-4-31)66(124)91-39(74(132)133)9-16-53(111)85-33(5-12-49(107)79-21-41(99)57(116)61(120)45(103)25-95)67(125)89-37(10-17-54(112)113)70(128)87-34(6-13-50(108)80-22-42(100)58(117)62(121)46(104)26-96)68(126)86-35(7-14-51(109)81-23-43(101)59(118)63(122)47(105)27-97)69(127)90-38(11-18-55(114)115)71(129)88-36(72(130)92-40(29-136)75(134)135)8-15-52(110)82-24-44(102)60(119)64(123)48(106)28-98/h1-4,20,33-48,57-64,78,95-106,116-123,136H,5-19,21-29H2,(H,79,107)(H,80,108)(H,81,109)(H,82,110)(H,85,111)(H,86,126)(H,87,128)(H,88,129)(H,89,125)(H,90,127)(H,91,124)(H,92,130)(H,112,113)(H,114,115)(H,132,133)(H,134,135)(H3,77,83,93,94,131)/t33-,34-,35-,36-,37-,38-,39-,40-,41-,42-,43-,44-,45+,46+,47+,48+,57+,58+,59+,60+,61+,62+,63+,64+/m0/s1. The number of nitrogens with one attached hydrogen (secondary N) is 14. The first kappa shape index (κ1) is 118. The highest BCUT2D eigenvalue weighted by molar-refractivity contribution is 7.80. The molecule has 0 aliphatic rings. The van der Waals surface area contributed by atoms with Crippen molar-refractivity contribution in [3.05, 3.63) is 52.1 Å². The van der Waals surface area contributed by atoms with Gasteiger partial charge in [0.2, 0.25) is 70.9 Å². The van der Waals surface area contributed by atoms with Crippen LogP contribution in [0, 0.1) is 0 Å². The van der Waals surface area contributed by atoms with E-state index in [-0.39, 0.29) is 34.9 Å². The fourth-order valence-electron chi connectivity index (χ4n) is 12.1. The Balaban J connectivity index is 2.22. The summed E-state index contributed by atoms with van der Waals surface area (Å²) in [5.74, 6) is -24.4. The Morgan fingerprint density at radius 1 is 0.353 bits per heavy atom. The van der Waals surface area contributed by atoms with Crippen LogP contribution >= 0.6 is 12.6 Å². The van der Waals surface area contributed by atoms with Crippen LogP contribution in [-0.2, 0) is 78.5 Å². The number of benzene rings is 1. The zero-order valence-corrected chi connectivity index (χ0v) is 73.1. The van der Waals surface area contributed by atoms with Crippen LogP contribution in [0.25, 0.3) is 11.2 Å². The average Bonchev–Trinajstić information content (AvgIpc) is 0.806. The second-order valence-corrected chi connectivity index (χ2v) is 31.1. The van der Waals surface area contributed by atoms with E-state index in [1.807, 2.05) is 5.32 Å². The minimum absolute atomic E-state index is 0.0268. The van der Waals surface area contributed by atoms with Crippen molar-refractivity contribution < 1.29 is 199 Å². The molecule has 764 valence electrons. The molecular formula is C76H118N18O41S. The number of aliphatic hydroxyl groups is 20. The summed E-state index contributed by atoms with van der Waals surface area (Å²) in [5, 5.41) is 268. The number of fused-ring (bicyclic) bond motifs is 1. The molecule has 3 rings (SSSR count). The summed E-state index contributed by atoms with van der Waals surface area (Å²) >= 11 is 3.87. The van der Waals surface area contributed by atoms with Crippen LogP contribution in [0.2, 0.25) is 0 Å². The van der Waals surface area contributed by atoms with Crippen molar-refractivity contribution in [3.63, 3.8) is 0 Å². The molecule has 0 saturated carbocycles. The van der Waals surface area contributed by atoms with Crippen LogP contribution in [0.3, 0.4) is 0 Å². The van der Waals surface area contributed by atoms with Gasteiger partial charge in [-0.3, -0.25) is 71.9 Å². The van der Waals surface area contributed by atoms with E-state index in [2.05, 4.69) is 96.4 Å². The van der Waals surface area contributed by atoms with Gasteiger partial charge in [0, 0.05) is 88.1 Å². The molecule has 24 atom stereocenters. The van der Waals surface area contributed by atoms with Crippen LogP contribution in [0.1, 0.15) is 106 Å². The number of H-pyrrole nitrogens is 1. The summed E-state index contributed by atoms with van der Waals surface area (Å²) in [6.07, 6.45) is -47.2. The Labute approximate surface area is 774 Å². The van der Waals surface area contributed by atoms with Crippen molar-refractivity contribution in [2.24, 2.45) is 0 Å². The highest BCUT2D eigenvalue weighted by atomic mass is 32.1. The number of anilines is 2. The summed E-state index contributed by atoms with van der Waals surface area (Å²) in [6.45, 7) is -8.47. The third kappa shape index (κ3) is 41.0. The van der Waals surface area contributed by atoms with E-state index in [0.717, 1.165) is 0 Å². The van der Waals surface area contributed by atoms with Gasteiger partial charge in [-0.25, -0.2) is 19.6 Å². The molecule has 0 unspecified atom stereocenters. The Bertz CT molecular complexity index is 4520. The van der Waals surface area contributed by atoms with Gasteiger partial charge < -0.3 is 202 Å². The topological polar surface area (TPSA) is 1010 Å². The number of nitrogens with zero attached hydrogens (tertiary/aromatic N) is 3. The first-order valence-corrected chi connectivity index (χ1v) is 42.2. The number of carbonyl (C=O) groups excluding carboxylic acids is 12. The summed E-state index contributed by atoms with van der Waals surface area (Å²) in [4.78, 5) is 245. The average molecular weight is 1970 g/mol. The van der Waals surface area contributed by atoms with Crippen LogP contribution in [0.4, 0.5) is 11.6 Å². The van der Waals surface area contributed by atoms with Gasteiger partial charge in [0.25, 0.3) is 5.91 Å².